The van der Waals surface area contributed by atoms with Crippen molar-refractivity contribution in [3.63, 3.8) is 0 Å². The minimum absolute atomic E-state index is 0.0999. The first-order valence-electron chi connectivity index (χ1n) is 11.6. The van der Waals surface area contributed by atoms with E-state index in [1.165, 1.54) is 28.6 Å². The van der Waals surface area contributed by atoms with Gasteiger partial charge in [0.25, 0.3) is 0 Å². The van der Waals surface area contributed by atoms with Crippen LogP contribution in [0.3, 0.4) is 0 Å². The van der Waals surface area contributed by atoms with Gasteiger partial charge in [-0.1, -0.05) is 48.0 Å². The van der Waals surface area contributed by atoms with Gasteiger partial charge in [-0.3, -0.25) is 4.79 Å². The van der Waals surface area contributed by atoms with Crippen molar-refractivity contribution in [1.29, 1.82) is 0 Å². The van der Waals surface area contributed by atoms with Gasteiger partial charge in [-0.2, -0.15) is 4.31 Å². The van der Waals surface area contributed by atoms with Crippen molar-refractivity contribution >= 4 is 27.5 Å². The third-order valence-corrected chi connectivity index (χ3v) is 8.64. The number of likely N-dealkylation sites (N-methyl/N-ethyl adjacent to an activating group) is 1. The summed E-state index contributed by atoms with van der Waals surface area (Å²) in [7, 11) is 1.55. The minimum Gasteiger partial charge on any atom is -0.497 e. The van der Waals surface area contributed by atoms with Crippen molar-refractivity contribution < 1.29 is 17.9 Å². The molecule has 0 radical (unpaired) electrons. The molecule has 1 aliphatic rings. The molecular formula is C27H30ClN3O4S. The molecule has 3 aromatic carbocycles. The maximum atomic E-state index is 13.6. The number of hydrogen-bond donors (Lipinski definition) is 1. The quantitative estimate of drug-likeness (QED) is 0.481. The molecule has 0 aliphatic carbocycles. The fraction of sp³-hybridized carbons (Fsp3) is 0.296. The van der Waals surface area contributed by atoms with Gasteiger partial charge in [0.2, 0.25) is 15.9 Å². The van der Waals surface area contributed by atoms with Gasteiger partial charge < -0.3 is 15.0 Å². The van der Waals surface area contributed by atoms with Crippen molar-refractivity contribution in [2.45, 2.75) is 29.9 Å². The summed E-state index contributed by atoms with van der Waals surface area (Å²) in [5.41, 5.74) is 2.88. The Balaban J connectivity index is 1.59. The van der Waals surface area contributed by atoms with Gasteiger partial charge >= 0.3 is 0 Å². The van der Waals surface area contributed by atoms with Gasteiger partial charge in [0.15, 0.2) is 0 Å². The molecule has 0 fully saturated rings. The van der Waals surface area contributed by atoms with E-state index in [0.717, 1.165) is 22.4 Å². The van der Waals surface area contributed by atoms with Gasteiger partial charge in [0.05, 0.1) is 18.0 Å². The van der Waals surface area contributed by atoms with Gasteiger partial charge in [-0.15, -0.1) is 0 Å². The first-order chi connectivity index (χ1) is 17.2. The highest BCUT2D eigenvalue weighted by molar-refractivity contribution is 7.89. The van der Waals surface area contributed by atoms with Crippen LogP contribution in [0.1, 0.15) is 22.7 Å². The number of benzene rings is 3. The van der Waals surface area contributed by atoms with Crippen LogP contribution in [-0.2, 0) is 27.8 Å². The van der Waals surface area contributed by atoms with E-state index in [-0.39, 0.29) is 23.4 Å². The van der Waals surface area contributed by atoms with E-state index in [9.17, 15) is 13.2 Å². The van der Waals surface area contributed by atoms with E-state index in [0.29, 0.717) is 18.0 Å². The Bertz CT molecular complexity index is 1310. The smallest absolute Gasteiger partial charge is 0.244 e. The minimum atomic E-state index is -3.94. The molecule has 190 valence electrons. The summed E-state index contributed by atoms with van der Waals surface area (Å²) in [6, 6.07) is 20.4. The fourth-order valence-corrected chi connectivity index (χ4v) is 6.15. The van der Waals surface area contributed by atoms with E-state index < -0.39 is 16.1 Å². The van der Waals surface area contributed by atoms with Crippen LogP contribution in [-0.4, -0.2) is 57.3 Å². The molecule has 36 heavy (non-hydrogen) atoms. The summed E-state index contributed by atoms with van der Waals surface area (Å²) in [5, 5.41) is 3.46. The molecule has 0 bridgehead atoms. The van der Waals surface area contributed by atoms with Crippen molar-refractivity contribution in [3.05, 3.63) is 94.5 Å². The SMILES string of the molecule is COc1ccc([C@H](CNC(=O)[C@@H]2Cc3ccccc3CN2S(=O)(=O)c2ccc(Cl)cc2)N(C)C)cc1. The number of amides is 1. The average Bonchev–Trinajstić information content (AvgIpc) is 2.88. The molecule has 3 aromatic rings. The van der Waals surface area contributed by atoms with Gasteiger partial charge in [-0.05, 0) is 73.6 Å². The Morgan fingerprint density at radius 1 is 1.06 bits per heavy atom. The number of hydrogen-bond acceptors (Lipinski definition) is 5. The van der Waals surface area contributed by atoms with Crippen molar-refractivity contribution in [1.82, 2.24) is 14.5 Å². The number of rotatable bonds is 8. The molecule has 1 amide bonds. The molecule has 1 N–H and O–H groups in total. The number of sulfonamides is 1. The van der Waals surface area contributed by atoms with E-state index >= 15 is 0 Å². The van der Waals surface area contributed by atoms with Crippen LogP contribution < -0.4 is 10.1 Å². The zero-order chi connectivity index (χ0) is 25.9. The monoisotopic (exact) mass is 527 g/mol. The van der Waals surface area contributed by atoms with Crippen LogP contribution >= 0.6 is 11.6 Å². The number of fused-ring (bicyclic) bond motifs is 1. The Labute approximate surface area is 217 Å². The number of nitrogens with one attached hydrogen (secondary N) is 1. The summed E-state index contributed by atoms with van der Waals surface area (Å²) in [4.78, 5) is 15.7. The molecule has 0 spiro atoms. The summed E-state index contributed by atoms with van der Waals surface area (Å²) in [5.74, 6) is 0.423. The first-order valence-corrected chi connectivity index (χ1v) is 13.4. The van der Waals surface area contributed by atoms with Gasteiger partial charge in [0.1, 0.15) is 11.8 Å². The third-order valence-electron chi connectivity index (χ3n) is 6.52. The van der Waals surface area contributed by atoms with Gasteiger partial charge in [-0.25, -0.2) is 8.42 Å². The maximum Gasteiger partial charge on any atom is 0.244 e. The molecule has 1 heterocycles. The molecular weight excluding hydrogens is 498 g/mol. The topological polar surface area (TPSA) is 79.0 Å². The molecule has 1 aliphatic heterocycles. The molecule has 0 saturated carbocycles. The lowest BCUT2D eigenvalue weighted by Gasteiger charge is -2.35. The summed E-state index contributed by atoms with van der Waals surface area (Å²) in [6.45, 7) is 0.444. The highest BCUT2D eigenvalue weighted by atomic mass is 35.5. The van der Waals surface area contributed by atoms with Crippen LogP contribution in [0.2, 0.25) is 5.02 Å². The zero-order valence-corrected chi connectivity index (χ0v) is 22.1. The van der Waals surface area contributed by atoms with E-state index in [1.54, 1.807) is 7.11 Å². The average molecular weight is 528 g/mol. The molecule has 4 rings (SSSR count). The number of carbonyl (C=O) groups excluding carboxylic acids is 1. The standard InChI is InChI=1S/C27H30ClN3O4S/c1-30(2)26(19-8-12-23(35-3)13-9-19)17-29-27(32)25-16-20-6-4-5-7-21(20)18-31(25)36(33,34)24-14-10-22(28)11-15-24/h4-15,25-26H,16-18H2,1-3H3,(H,29,32)/t25-,26-/m0/s1. The van der Waals surface area contributed by atoms with Crippen molar-refractivity contribution in [3.8, 4) is 5.75 Å². The van der Waals surface area contributed by atoms with Crippen LogP contribution in [0, 0.1) is 0 Å². The molecule has 0 unspecified atom stereocenters. The van der Waals surface area contributed by atoms with Crippen molar-refractivity contribution in [2.24, 2.45) is 0 Å². The second kappa shape index (κ2) is 11.0. The first kappa shape index (κ1) is 26.2. The lowest BCUT2D eigenvalue weighted by molar-refractivity contribution is -0.125. The Morgan fingerprint density at radius 2 is 1.69 bits per heavy atom. The zero-order valence-electron chi connectivity index (χ0n) is 20.5. The molecule has 7 nitrogen and oxygen atoms in total. The number of methoxy groups -OCH3 is 1. The van der Waals surface area contributed by atoms with Crippen LogP contribution in [0.5, 0.6) is 5.75 Å². The third kappa shape index (κ3) is 5.57. The lowest BCUT2D eigenvalue weighted by atomic mass is 9.95. The Kier molecular flexibility index (Phi) is 8.00. The Hall–Kier alpha value is -2.91. The Morgan fingerprint density at radius 3 is 2.31 bits per heavy atom. The summed E-state index contributed by atoms with van der Waals surface area (Å²) in [6.07, 6.45) is 0.296. The van der Waals surface area contributed by atoms with E-state index in [1.807, 2.05) is 67.5 Å². The van der Waals surface area contributed by atoms with Crippen LogP contribution in [0.25, 0.3) is 0 Å². The second-order valence-corrected chi connectivity index (χ2v) is 11.3. The molecule has 0 saturated heterocycles. The van der Waals surface area contributed by atoms with Crippen LogP contribution in [0.15, 0.2) is 77.7 Å². The summed E-state index contributed by atoms with van der Waals surface area (Å²) >= 11 is 5.97. The number of ether oxygens (including phenoxy) is 1. The predicted octanol–water partition coefficient (Wildman–Crippen LogP) is 3.88. The predicted molar refractivity (Wildman–Crippen MR) is 141 cm³/mol. The van der Waals surface area contributed by atoms with Crippen molar-refractivity contribution in [2.75, 3.05) is 27.7 Å². The molecule has 2 atom stereocenters. The molecule has 9 heteroatoms. The normalized spacial score (nSPS) is 16.9. The lowest BCUT2D eigenvalue weighted by Crippen LogP contribution is -2.53. The van der Waals surface area contributed by atoms with Crippen LogP contribution in [0.4, 0.5) is 0 Å². The maximum absolute atomic E-state index is 13.6. The summed E-state index contributed by atoms with van der Waals surface area (Å²) < 4.78 is 33.8. The van der Waals surface area contributed by atoms with E-state index in [4.69, 9.17) is 16.3 Å². The largest absolute Gasteiger partial charge is 0.497 e. The highest BCUT2D eigenvalue weighted by Gasteiger charge is 2.39. The second-order valence-electron chi connectivity index (χ2n) is 8.99. The number of nitrogens with zero attached hydrogens (tertiary/aromatic N) is 2. The fourth-order valence-electron chi connectivity index (χ4n) is 4.46. The number of halogens is 1. The number of carbonyl (C=O) groups is 1. The van der Waals surface area contributed by atoms with E-state index in [2.05, 4.69) is 5.32 Å². The molecule has 0 aromatic heterocycles. The van der Waals surface area contributed by atoms with Gasteiger partial charge in [0, 0.05) is 18.1 Å². The highest BCUT2D eigenvalue weighted by Crippen LogP contribution is 2.30.